The van der Waals surface area contributed by atoms with E-state index < -0.39 is 35.0 Å². The Morgan fingerprint density at radius 3 is 2.55 bits per heavy atom. The third kappa shape index (κ3) is 4.26. The number of amides is 1. The van der Waals surface area contributed by atoms with Crippen molar-refractivity contribution in [2.45, 2.75) is 44.4 Å². The minimum atomic E-state index is -4.85. The molecule has 1 aromatic carbocycles. The van der Waals surface area contributed by atoms with Crippen LogP contribution in [0, 0.1) is 18.7 Å². The first-order valence-corrected chi connectivity index (χ1v) is 12.0. The highest BCUT2D eigenvalue weighted by atomic mass is 19.4. The standard InChI is InChI=1S/C26H25F5N6O/c1-14(16-6-4-7-18(20(16)27)26(29,30)31)33-23-17-12-37(19-8-5-10-32-22(19)28)24(38)25(9-11-36(3)13-25)21(17)34-15(2)35-23/h4-8,10,14H,9,11-13H2,1-3H3,(H,33,34,35)/t14-,25?/m1/s1. The Balaban J connectivity index is 1.62. The van der Waals surface area contributed by atoms with Gasteiger partial charge >= 0.3 is 6.18 Å². The van der Waals surface area contributed by atoms with Crippen LogP contribution in [0.5, 0.6) is 0 Å². The second kappa shape index (κ2) is 9.26. The maximum atomic E-state index is 14.9. The summed E-state index contributed by atoms with van der Waals surface area (Å²) in [7, 11) is 1.87. The fraction of sp³-hybridized carbons (Fsp3) is 0.385. The molecule has 2 aliphatic heterocycles. The number of rotatable bonds is 4. The van der Waals surface area contributed by atoms with E-state index in [4.69, 9.17) is 0 Å². The summed E-state index contributed by atoms with van der Waals surface area (Å²) in [4.78, 5) is 30.0. The number of aryl methyl sites for hydroxylation is 1. The van der Waals surface area contributed by atoms with Gasteiger partial charge in [0.2, 0.25) is 11.9 Å². The fourth-order valence-corrected chi connectivity index (χ4v) is 5.38. The number of halogens is 5. The van der Waals surface area contributed by atoms with Gasteiger partial charge in [-0.2, -0.15) is 17.6 Å². The molecule has 1 saturated heterocycles. The molecule has 4 heterocycles. The highest BCUT2D eigenvalue weighted by Crippen LogP contribution is 2.44. The molecular formula is C26H25F5N6O. The zero-order valence-electron chi connectivity index (χ0n) is 20.9. The third-order valence-electron chi connectivity index (χ3n) is 7.19. The number of benzene rings is 1. The fourth-order valence-electron chi connectivity index (χ4n) is 5.38. The second-order valence-electron chi connectivity index (χ2n) is 9.79. The van der Waals surface area contributed by atoms with E-state index in [1.807, 2.05) is 11.9 Å². The van der Waals surface area contributed by atoms with Crippen molar-refractivity contribution in [3.8, 4) is 0 Å². The van der Waals surface area contributed by atoms with E-state index in [1.165, 1.54) is 36.2 Å². The summed E-state index contributed by atoms with van der Waals surface area (Å²) in [5.41, 5.74) is -1.66. The van der Waals surface area contributed by atoms with Gasteiger partial charge < -0.3 is 15.1 Å². The number of aromatic nitrogens is 3. The number of nitrogens with zero attached hydrogens (tertiary/aromatic N) is 5. The Bertz CT molecular complexity index is 1410. The van der Waals surface area contributed by atoms with Crippen LogP contribution < -0.4 is 10.2 Å². The van der Waals surface area contributed by atoms with Gasteiger partial charge in [0.05, 0.1) is 29.5 Å². The topological polar surface area (TPSA) is 74.2 Å². The van der Waals surface area contributed by atoms with Crippen LogP contribution in [0.25, 0.3) is 0 Å². The Morgan fingerprint density at radius 2 is 1.89 bits per heavy atom. The molecule has 1 spiro atoms. The summed E-state index contributed by atoms with van der Waals surface area (Å²) >= 11 is 0. The number of anilines is 2. The number of carbonyl (C=O) groups excluding carboxylic acids is 1. The van der Waals surface area contributed by atoms with Crippen molar-refractivity contribution >= 4 is 17.4 Å². The molecule has 7 nitrogen and oxygen atoms in total. The molecule has 200 valence electrons. The lowest BCUT2D eigenvalue weighted by molar-refractivity contribution is -0.140. The van der Waals surface area contributed by atoms with Crippen molar-refractivity contribution in [2.75, 3.05) is 30.4 Å². The largest absolute Gasteiger partial charge is 0.419 e. The van der Waals surface area contributed by atoms with Crippen LogP contribution in [0.2, 0.25) is 0 Å². The predicted octanol–water partition coefficient (Wildman–Crippen LogP) is 4.77. The average molecular weight is 533 g/mol. The summed E-state index contributed by atoms with van der Waals surface area (Å²) < 4.78 is 69.6. The molecule has 0 bridgehead atoms. The number of likely N-dealkylation sites (tertiary alicyclic amines) is 1. The predicted molar refractivity (Wildman–Crippen MR) is 129 cm³/mol. The highest BCUT2D eigenvalue weighted by molar-refractivity contribution is 6.03. The minimum absolute atomic E-state index is 0.000532. The number of fused-ring (bicyclic) bond motifs is 2. The number of alkyl halides is 3. The van der Waals surface area contributed by atoms with Crippen LogP contribution in [0.3, 0.4) is 0 Å². The summed E-state index contributed by atoms with van der Waals surface area (Å²) in [6.07, 6.45) is -3.13. The van der Waals surface area contributed by atoms with E-state index in [-0.39, 0.29) is 29.5 Å². The van der Waals surface area contributed by atoms with E-state index in [2.05, 4.69) is 20.3 Å². The summed E-state index contributed by atoms with van der Waals surface area (Å²) in [5, 5.41) is 3.05. The Hall–Kier alpha value is -3.67. The van der Waals surface area contributed by atoms with Crippen molar-refractivity contribution < 1.29 is 26.7 Å². The number of pyridine rings is 1. The van der Waals surface area contributed by atoms with Gasteiger partial charge in [0.15, 0.2) is 0 Å². The Morgan fingerprint density at radius 1 is 1.13 bits per heavy atom. The van der Waals surface area contributed by atoms with Crippen LogP contribution in [0.4, 0.5) is 33.5 Å². The molecule has 1 amide bonds. The molecule has 2 aromatic heterocycles. The molecule has 1 N–H and O–H groups in total. The van der Waals surface area contributed by atoms with Crippen LogP contribution >= 0.6 is 0 Å². The van der Waals surface area contributed by atoms with Crippen molar-refractivity contribution in [3.05, 3.63) is 76.5 Å². The van der Waals surface area contributed by atoms with Crippen molar-refractivity contribution in [3.63, 3.8) is 0 Å². The lowest BCUT2D eigenvalue weighted by Gasteiger charge is -2.40. The van der Waals surface area contributed by atoms with Gasteiger partial charge in [-0.1, -0.05) is 12.1 Å². The van der Waals surface area contributed by atoms with E-state index in [0.29, 0.717) is 42.7 Å². The average Bonchev–Trinajstić information content (AvgIpc) is 3.24. The third-order valence-corrected chi connectivity index (χ3v) is 7.19. The SMILES string of the molecule is Cc1nc(N[C@H](C)c2cccc(C(F)(F)F)c2F)c2c(n1)C1(CCN(C)C1)C(=O)N(c1cccnc1F)C2. The maximum Gasteiger partial charge on any atom is 0.419 e. The molecule has 38 heavy (non-hydrogen) atoms. The van der Waals surface area contributed by atoms with Crippen LogP contribution in [-0.2, 0) is 22.9 Å². The molecule has 3 aromatic rings. The van der Waals surface area contributed by atoms with Crippen molar-refractivity contribution in [1.29, 1.82) is 0 Å². The minimum Gasteiger partial charge on any atom is -0.363 e. The molecule has 1 unspecified atom stereocenters. The smallest absolute Gasteiger partial charge is 0.363 e. The number of hydrogen-bond donors (Lipinski definition) is 1. The number of carbonyl (C=O) groups is 1. The summed E-state index contributed by atoms with van der Waals surface area (Å²) in [6, 6.07) is 5.18. The van der Waals surface area contributed by atoms with E-state index in [1.54, 1.807) is 6.92 Å². The molecular weight excluding hydrogens is 507 g/mol. The first kappa shape index (κ1) is 26.0. The van der Waals surface area contributed by atoms with E-state index in [9.17, 15) is 26.7 Å². The molecule has 2 atom stereocenters. The van der Waals surface area contributed by atoms with Gasteiger partial charge in [-0.05, 0) is 52.1 Å². The van der Waals surface area contributed by atoms with Gasteiger partial charge in [-0.15, -0.1) is 0 Å². The first-order valence-electron chi connectivity index (χ1n) is 12.0. The lowest BCUT2D eigenvalue weighted by atomic mass is 9.76. The van der Waals surface area contributed by atoms with E-state index >= 15 is 0 Å². The van der Waals surface area contributed by atoms with Gasteiger partial charge in [0, 0.05) is 23.9 Å². The van der Waals surface area contributed by atoms with Crippen molar-refractivity contribution in [2.24, 2.45) is 0 Å². The van der Waals surface area contributed by atoms with Gasteiger partial charge in [0.25, 0.3) is 0 Å². The normalized spacial score (nSPS) is 20.6. The molecule has 0 saturated carbocycles. The highest BCUT2D eigenvalue weighted by Gasteiger charge is 2.53. The molecule has 5 rings (SSSR count). The lowest BCUT2D eigenvalue weighted by Crippen LogP contribution is -2.53. The number of nitrogens with one attached hydrogen (secondary N) is 1. The second-order valence-corrected chi connectivity index (χ2v) is 9.79. The Kier molecular flexibility index (Phi) is 6.33. The zero-order valence-corrected chi connectivity index (χ0v) is 20.9. The molecule has 0 radical (unpaired) electrons. The molecule has 1 fully saturated rings. The Labute approximate surface area is 215 Å². The molecule has 2 aliphatic rings. The maximum absolute atomic E-state index is 14.9. The van der Waals surface area contributed by atoms with E-state index in [0.717, 1.165) is 6.07 Å². The molecule has 12 heteroatoms. The molecule has 0 aliphatic carbocycles. The van der Waals surface area contributed by atoms with Crippen LogP contribution in [0.1, 0.15) is 47.6 Å². The van der Waals surface area contributed by atoms with Crippen LogP contribution in [-0.4, -0.2) is 45.9 Å². The summed E-state index contributed by atoms with van der Waals surface area (Å²) in [5.74, 6) is -1.92. The van der Waals surface area contributed by atoms with Gasteiger partial charge in [0.1, 0.15) is 22.9 Å². The number of hydrogen-bond acceptors (Lipinski definition) is 6. The van der Waals surface area contributed by atoms with Crippen LogP contribution in [0.15, 0.2) is 36.5 Å². The summed E-state index contributed by atoms with van der Waals surface area (Å²) in [6.45, 7) is 4.01. The zero-order chi connectivity index (χ0) is 27.4. The number of likely N-dealkylation sites (N-methyl/N-ethyl adjacent to an activating group) is 1. The first-order chi connectivity index (χ1) is 17.9. The van der Waals surface area contributed by atoms with Crippen molar-refractivity contribution in [1.82, 2.24) is 19.9 Å². The monoisotopic (exact) mass is 532 g/mol. The quantitative estimate of drug-likeness (QED) is 0.386. The van der Waals surface area contributed by atoms with Gasteiger partial charge in [-0.3, -0.25) is 4.79 Å². The van der Waals surface area contributed by atoms with Gasteiger partial charge in [-0.25, -0.2) is 19.3 Å².